The van der Waals surface area contributed by atoms with Crippen LogP contribution in [0.1, 0.15) is 22.5 Å². The highest BCUT2D eigenvalue weighted by atomic mass is 16.1. The number of nitrogens with one attached hydrogen (secondary N) is 1. The second kappa shape index (κ2) is 4.97. The molecule has 72 valence electrons. The monoisotopic (exact) mass is 189 g/mol. The third-order valence-electron chi connectivity index (χ3n) is 1.77. The normalized spacial score (nSPS) is 9.14. The maximum absolute atomic E-state index is 11.5. The Bertz CT molecular complexity index is 368. The van der Waals surface area contributed by atoms with Crippen molar-refractivity contribution in [1.82, 2.24) is 10.3 Å². The third kappa shape index (κ3) is 2.56. The van der Waals surface area contributed by atoms with Crippen LogP contribution in [0.25, 0.3) is 0 Å². The van der Waals surface area contributed by atoms with Gasteiger partial charge in [-0.15, -0.1) is 0 Å². The Balaban J connectivity index is 2.62. The van der Waals surface area contributed by atoms with Crippen molar-refractivity contribution in [2.75, 3.05) is 6.54 Å². The van der Waals surface area contributed by atoms with E-state index in [2.05, 4.69) is 10.3 Å². The number of hydrogen-bond acceptors (Lipinski definition) is 3. The molecular weight excluding hydrogens is 178 g/mol. The smallest absolute Gasteiger partial charge is 0.253 e. The molecule has 0 aromatic carbocycles. The highest BCUT2D eigenvalue weighted by Crippen LogP contribution is 2.02. The van der Waals surface area contributed by atoms with Crippen LogP contribution in [0.4, 0.5) is 0 Å². The predicted octanol–water partition coefficient (Wildman–Crippen LogP) is 1.03. The van der Waals surface area contributed by atoms with Crippen LogP contribution in [0.15, 0.2) is 18.3 Å². The average molecular weight is 189 g/mol. The zero-order valence-electron chi connectivity index (χ0n) is 7.95. The minimum Gasteiger partial charge on any atom is -0.351 e. The predicted molar refractivity (Wildman–Crippen MR) is 51.5 cm³/mol. The SMILES string of the molecule is Cc1ncccc1C(=O)NCCC#N. The molecule has 0 atom stereocenters. The van der Waals surface area contributed by atoms with Gasteiger partial charge in [-0.3, -0.25) is 9.78 Å². The van der Waals surface area contributed by atoms with Gasteiger partial charge in [-0.2, -0.15) is 5.26 Å². The standard InChI is InChI=1S/C10H11N3O/c1-8-9(4-2-6-12-8)10(14)13-7-3-5-11/h2,4,6H,3,7H2,1H3,(H,13,14). The molecule has 0 unspecified atom stereocenters. The number of amides is 1. The summed E-state index contributed by atoms with van der Waals surface area (Å²) in [6.45, 7) is 2.16. The van der Waals surface area contributed by atoms with E-state index in [-0.39, 0.29) is 5.91 Å². The van der Waals surface area contributed by atoms with Crippen molar-refractivity contribution in [3.63, 3.8) is 0 Å². The number of nitriles is 1. The molecule has 1 aromatic heterocycles. The molecule has 1 N–H and O–H groups in total. The second-order valence-corrected chi connectivity index (χ2v) is 2.80. The van der Waals surface area contributed by atoms with Gasteiger partial charge in [0.25, 0.3) is 5.91 Å². The van der Waals surface area contributed by atoms with Crippen LogP contribution in [0, 0.1) is 18.3 Å². The fourth-order valence-corrected chi connectivity index (χ4v) is 1.05. The molecule has 0 radical (unpaired) electrons. The summed E-state index contributed by atoms with van der Waals surface area (Å²) in [5.41, 5.74) is 1.26. The number of carbonyl (C=O) groups is 1. The van der Waals surface area contributed by atoms with Crippen molar-refractivity contribution in [1.29, 1.82) is 5.26 Å². The van der Waals surface area contributed by atoms with Crippen molar-refractivity contribution in [2.45, 2.75) is 13.3 Å². The lowest BCUT2D eigenvalue weighted by Gasteiger charge is -2.04. The molecule has 0 fully saturated rings. The van der Waals surface area contributed by atoms with E-state index in [1.165, 1.54) is 0 Å². The van der Waals surface area contributed by atoms with Crippen molar-refractivity contribution in [3.05, 3.63) is 29.6 Å². The molecule has 0 saturated heterocycles. The van der Waals surface area contributed by atoms with E-state index >= 15 is 0 Å². The Kier molecular flexibility index (Phi) is 3.62. The molecule has 0 spiro atoms. The Morgan fingerprint density at radius 3 is 3.14 bits per heavy atom. The van der Waals surface area contributed by atoms with Gasteiger partial charge in [-0.05, 0) is 19.1 Å². The average Bonchev–Trinajstić information content (AvgIpc) is 2.18. The summed E-state index contributed by atoms with van der Waals surface area (Å²) in [6, 6.07) is 5.39. The number of aryl methyl sites for hydroxylation is 1. The first-order valence-corrected chi connectivity index (χ1v) is 4.32. The molecule has 0 aliphatic rings. The molecule has 4 heteroatoms. The quantitative estimate of drug-likeness (QED) is 0.722. The van der Waals surface area contributed by atoms with E-state index in [9.17, 15) is 4.79 Å². The van der Waals surface area contributed by atoms with E-state index in [0.29, 0.717) is 24.2 Å². The van der Waals surface area contributed by atoms with Gasteiger partial charge < -0.3 is 5.32 Å². The van der Waals surface area contributed by atoms with E-state index in [0.717, 1.165) is 0 Å². The van der Waals surface area contributed by atoms with Gasteiger partial charge in [0.05, 0.1) is 18.1 Å². The summed E-state index contributed by atoms with van der Waals surface area (Å²) >= 11 is 0. The van der Waals surface area contributed by atoms with Gasteiger partial charge in [-0.25, -0.2) is 0 Å². The molecule has 0 aliphatic heterocycles. The van der Waals surface area contributed by atoms with Crippen LogP contribution in [0.5, 0.6) is 0 Å². The Labute approximate surface area is 82.6 Å². The first kappa shape index (κ1) is 10.2. The molecule has 4 nitrogen and oxygen atoms in total. The van der Waals surface area contributed by atoms with E-state index in [1.54, 1.807) is 25.3 Å². The lowest BCUT2D eigenvalue weighted by atomic mass is 10.2. The van der Waals surface area contributed by atoms with Crippen molar-refractivity contribution in [2.24, 2.45) is 0 Å². The summed E-state index contributed by atoms with van der Waals surface area (Å²) in [4.78, 5) is 15.5. The van der Waals surface area contributed by atoms with Crippen LogP contribution in [0.2, 0.25) is 0 Å². The maximum Gasteiger partial charge on any atom is 0.253 e. The number of nitrogens with zero attached hydrogens (tertiary/aromatic N) is 2. The molecule has 0 aliphatic carbocycles. The van der Waals surface area contributed by atoms with E-state index < -0.39 is 0 Å². The molecule has 1 aromatic rings. The number of aromatic nitrogens is 1. The Hall–Kier alpha value is -1.89. The zero-order valence-corrected chi connectivity index (χ0v) is 7.95. The Morgan fingerprint density at radius 2 is 2.50 bits per heavy atom. The van der Waals surface area contributed by atoms with Gasteiger partial charge in [0.1, 0.15) is 0 Å². The summed E-state index contributed by atoms with van der Waals surface area (Å²) in [7, 11) is 0. The first-order valence-electron chi connectivity index (χ1n) is 4.32. The number of hydrogen-bond donors (Lipinski definition) is 1. The summed E-state index contributed by atoms with van der Waals surface area (Å²) in [5.74, 6) is -0.175. The number of rotatable bonds is 3. The van der Waals surface area contributed by atoms with Crippen LogP contribution in [0.3, 0.4) is 0 Å². The van der Waals surface area contributed by atoms with Gasteiger partial charge in [0.15, 0.2) is 0 Å². The van der Waals surface area contributed by atoms with Gasteiger partial charge >= 0.3 is 0 Å². The van der Waals surface area contributed by atoms with Gasteiger partial charge in [0.2, 0.25) is 0 Å². The van der Waals surface area contributed by atoms with E-state index in [1.807, 2.05) is 6.07 Å². The number of pyridine rings is 1. The van der Waals surface area contributed by atoms with Gasteiger partial charge in [-0.1, -0.05) is 0 Å². The lowest BCUT2D eigenvalue weighted by molar-refractivity contribution is 0.0953. The summed E-state index contributed by atoms with van der Waals surface area (Å²) in [5, 5.41) is 10.9. The highest BCUT2D eigenvalue weighted by molar-refractivity contribution is 5.95. The minimum absolute atomic E-state index is 0.175. The summed E-state index contributed by atoms with van der Waals surface area (Å²) < 4.78 is 0. The van der Waals surface area contributed by atoms with Gasteiger partial charge in [0, 0.05) is 18.4 Å². The minimum atomic E-state index is -0.175. The van der Waals surface area contributed by atoms with Crippen LogP contribution in [-0.4, -0.2) is 17.4 Å². The third-order valence-corrected chi connectivity index (χ3v) is 1.77. The molecular formula is C10H11N3O. The van der Waals surface area contributed by atoms with Crippen molar-refractivity contribution >= 4 is 5.91 Å². The van der Waals surface area contributed by atoms with Crippen molar-refractivity contribution < 1.29 is 4.79 Å². The molecule has 1 rings (SSSR count). The summed E-state index contributed by atoms with van der Waals surface area (Å²) in [6.07, 6.45) is 1.96. The molecule has 1 amide bonds. The van der Waals surface area contributed by atoms with Crippen molar-refractivity contribution in [3.8, 4) is 6.07 Å². The number of carbonyl (C=O) groups excluding carboxylic acids is 1. The molecule has 0 bridgehead atoms. The topological polar surface area (TPSA) is 65.8 Å². The zero-order chi connectivity index (χ0) is 10.4. The largest absolute Gasteiger partial charge is 0.351 e. The molecule has 14 heavy (non-hydrogen) atoms. The lowest BCUT2D eigenvalue weighted by Crippen LogP contribution is -2.25. The highest BCUT2D eigenvalue weighted by Gasteiger charge is 2.07. The Morgan fingerprint density at radius 1 is 1.71 bits per heavy atom. The van der Waals surface area contributed by atoms with Crippen LogP contribution >= 0.6 is 0 Å². The van der Waals surface area contributed by atoms with Crippen LogP contribution in [-0.2, 0) is 0 Å². The van der Waals surface area contributed by atoms with Crippen LogP contribution < -0.4 is 5.32 Å². The second-order valence-electron chi connectivity index (χ2n) is 2.80. The first-order chi connectivity index (χ1) is 6.75. The fraction of sp³-hybridized carbons (Fsp3) is 0.300. The molecule has 1 heterocycles. The fourth-order valence-electron chi connectivity index (χ4n) is 1.05. The van der Waals surface area contributed by atoms with E-state index in [4.69, 9.17) is 5.26 Å². The maximum atomic E-state index is 11.5. The molecule has 0 saturated carbocycles.